The summed E-state index contributed by atoms with van der Waals surface area (Å²) in [6, 6.07) is 0.736. The molecule has 0 aromatic carbocycles. The van der Waals surface area contributed by atoms with E-state index in [9.17, 15) is 9.59 Å². The summed E-state index contributed by atoms with van der Waals surface area (Å²) in [5.74, 6) is 0.445. The van der Waals surface area contributed by atoms with Crippen molar-refractivity contribution in [1.29, 1.82) is 0 Å². The normalized spacial score (nSPS) is 18.8. The van der Waals surface area contributed by atoms with E-state index in [2.05, 4.69) is 19.9 Å². The fourth-order valence-electron chi connectivity index (χ4n) is 4.40. The van der Waals surface area contributed by atoms with E-state index >= 15 is 0 Å². The third kappa shape index (κ3) is 6.88. The van der Waals surface area contributed by atoms with Gasteiger partial charge in [-0.15, -0.1) is 11.8 Å². The Bertz CT molecular complexity index is 653. The Labute approximate surface area is 182 Å². The van der Waals surface area contributed by atoms with Crippen molar-refractivity contribution in [2.45, 2.75) is 93.3 Å². The van der Waals surface area contributed by atoms with E-state index in [0.717, 1.165) is 29.9 Å². The van der Waals surface area contributed by atoms with Crippen LogP contribution in [0.4, 0.5) is 9.93 Å². The molecule has 2 fully saturated rings. The number of ether oxygens (including phenoxy) is 1. The highest BCUT2D eigenvalue weighted by Gasteiger charge is 2.32. The molecule has 1 N–H and O–H groups in total. The number of methoxy groups -OCH3 is 1. The molecule has 0 aliphatic heterocycles. The summed E-state index contributed by atoms with van der Waals surface area (Å²) in [7, 11) is 1.40. The molecule has 2 amide bonds. The average Bonchev–Trinajstić information content (AvgIpc) is 3.00. The third-order valence-electron chi connectivity index (χ3n) is 5.90. The summed E-state index contributed by atoms with van der Waals surface area (Å²) in [5.41, 5.74) is 0. The van der Waals surface area contributed by atoms with Gasteiger partial charge < -0.3 is 9.64 Å². The second kappa shape index (κ2) is 11.8. The van der Waals surface area contributed by atoms with Crippen molar-refractivity contribution in [3.63, 3.8) is 0 Å². The number of nitrogens with zero attached hydrogens (tertiary/aromatic N) is 2. The lowest BCUT2D eigenvalue weighted by molar-refractivity contribution is -0.140. The molecule has 8 heteroatoms. The zero-order valence-electron chi connectivity index (χ0n) is 17.4. The molecule has 2 aliphatic rings. The molecule has 0 saturated heterocycles. The second-order valence-electron chi connectivity index (χ2n) is 7.93. The lowest BCUT2D eigenvalue weighted by Gasteiger charge is -2.39. The Hall–Kier alpha value is -1.28. The van der Waals surface area contributed by atoms with E-state index in [1.165, 1.54) is 63.4 Å². The predicted octanol–water partition coefficient (Wildman–Crippen LogP) is 5.69. The van der Waals surface area contributed by atoms with Gasteiger partial charge in [0.2, 0.25) is 0 Å². The van der Waals surface area contributed by atoms with E-state index in [1.54, 1.807) is 18.0 Å². The van der Waals surface area contributed by atoms with Crippen LogP contribution in [0.2, 0.25) is 0 Å². The van der Waals surface area contributed by atoms with Gasteiger partial charge in [0.1, 0.15) is 0 Å². The number of carbonyl (C=O) groups is 2. The van der Waals surface area contributed by atoms with Crippen LogP contribution >= 0.6 is 23.1 Å². The fourth-order valence-corrected chi connectivity index (χ4v) is 6.26. The predicted molar refractivity (Wildman–Crippen MR) is 119 cm³/mol. The molecule has 0 atom stereocenters. The van der Waals surface area contributed by atoms with Gasteiger partial charge in [0, 0.05) is 17.8 Å². The van der Waals surface area contributed by atoms with Crippen LogP contribution in [0.25, 0.3) is 0 Å². The van der Waals surface area contributed by atoms with E-state index in [4.69, 9.17) is 0 Å². The Morgan fingerprint density at radius 1 is 1.10 bits per heavy atom. The van der Waals surface area contributed by atoms with Crippen molar-refractivity contribution in [1.82, 2.24) is 9.88 Å². The zero-order chi connectivity index (χ0) is 20.5. The van der Waals surface area contributed by atoms with Crippen molar-refractivity contribution >= 4 is 40.2 Å². The number of hydrogen-bond acceptors (Lipinski definition) is 6. The van der Waals surface area contributed by atoms with E-state index in [0.29, 0.717) is 29.4 Å². The van der Waals surface area contributed by atoms with Gasteiger partial charge in [-0.2, -0.15) is 0 Å². The molecule has 2 aliphatic carbocycles. The number of carbonyl (C=O) groups excluding carboxylic acids is 2. The summed E-state index contributed by atoms with van der Waals surface area (Å²) in [6.07, 6.45) is 15.4. The van der Waals surface area contributed by atoms with Gasteiger partial charge in [-0.1, -0.05) is 56.3 Å². The summed E-state index contributed by atoms with van der Waals surface area (Å²) in [4.78, 5) is 31.1. The van der Waals surface area contributed by atoms with Gasteiger partial charge in [0.15, 0.2) is 5.13 Å². The first-order valence-corrected chi connectivity index (χ1v) is 12.7. The van der Waals surface area contributed by atoms with Crippen LogP contribution in [0.3, 0.4) is 0 Å². The Kier molecular flexibility index (Phi) is 9.11. The standard InChI is InChI=1S/C21H33N3O3S2/c1-27-18(25)13-14-28-19-15-22-20(29-19)23-21(26)24(17-11-7-4-8-12-17)16-9-5-2-3-6-10-16/h15-17H,2-14H2,1H3,(H,22,23,26). The molecular weight excluding hydrogens is 406 g/mol. The van der Waals surface area contributed by atoms with Gasteiger partial charge in [-0.3, -0.25) is 10.1 Å². The van der Waals surface area contributed by atoms with Gasteiger partial charge in [-0.25, -0.2) is 9.78 Å². The number of esters is 1. The Balaban J connectivity index is 1.61. The summed E-state index contributed by atoms with van der Waals surface area (Å²) < 4.78 is 5.67. The van der Waals surface area contributed by atoms with Crippen molar-refractivity contribution in [3.05, 3.63) is 6.20 Å². The fraction of sp³-hybridized carbons (Fsp3) is 0.762. The molecule has 1 heterocycles. The van der Waals surface area contributed by atoms with Crippen molar-refractivity contribution in [2.24, 2.45) is 0 Å². The molecule has 0 unspecified atom stereocenters. The van der Waals surface area contributed by atoms with E-state index in [1.807, 2.05) is 0 Å². The molecule has 0 radical (unpaired) electrons. The number of thioether (sulfide) groups is 1. The lowest BCUT2D eigenvalue weighted by Crippen LogP contribution is -2.49. The monoisotopic (exact) mass is 439 g/mol. The molecular formula is C21H33N3O3S2. The highest BCUT2D eigenvalue weighted by Crippen LogP contribution is 2.32. The van der Waals surface area contributed by atoms with E-state index < -0.39 is 0 Å². The van der Waals surface area contributed by atoms with Crippen molar-refractivity contribution in [2.75, 3.05) is 18.2 Å². The molecule has 0 spiro atoms. The van der Waals surface area contributed by atoms with Gasteiger partial charge in [0.25, 0.3) is 0 Å². The second-order valence-corrected chi connectivity index (χ2v) is 10.4. The topological polar surface area (TPSA) is 71.5 Å². The van der Waals surface area contributed by atoms with Crippen LogP contribution in [0.15, 0.2) is 10.4 Å². The smallest absolute Gasteiger partial charge is 0.324 e. The summed E-state index contributed by atoms with van der Waals surface area (Å²) in [5, 5.41) is 3.72. The molecule has 3 rings (SSSR count). The molecule has 2 saturated carbocycles. The van der Waals surface area contributed by atoms with Crippen LogP contribution < -0.4 is 5.32 Å². The Morgan fingerprint density at radius 2 is 1.69 bits per heavy atom. The number of aromatic nitrogens is 1. The molecule has 0 bridgehead atoms. The minimum atomic E-state index is -0.206. The van der Waals surface area contributed by atoms with E-state index in [-0.39, 0.29) is 12.0 Å². The molecule has 29 heavy (non-hydrogen) atoms. The third-order valence-corrected chi connectivity index (χ3v) is 8.01. The van der Waals surface area contributed by atoms with Gasteiger partial charge in [-0.05, 0) is 25.7 Å². The maximum Gasteiger partial charge on any atom is 0.324 e. The molecule has 162 valence electrons. The van der Waals surface area contributed by atoms with Crippen molar-refractivity contribution in [3.8, 4) is 0 Å². The van der Waals surface area contributed by atoms with Crippen LogP contribution in [-0.4, -0.2) is 46.8 Å². The van der Waals surface area contributed by atoms with Crippen molar-refractivity contribution < 1.29 is 14.3 Å². The van der Waals surface area contributed by atoms with Crippen LogP contribution in [0.1, 0.15) is 77.0 Å². The molecule has 6 nitrogen and oxygen atoms in total. The highest BCUT2D eigenvalue weighted by molar-refractivity contribution is 8.01. The minimum absolute atomic E-state index is 0.0178. The number of hydrogen-bond donors (Lipinski definition) is 1. The van der Waals surface area contributed by atoms with Gasteiger partial charge >= 0.3 is 12.0 Å². The number of nitrogens with one attached hydrogen (secondary N) is 1. The van der Waals surface area contributed by atoms with Crippen LogP contribution in [0.5, 0.6) is 0 Å². The quantitative estimate of drug-likeness (QED) is 0.336. The number of amides is 2. The molecule has 1 aromatic rings. The number of anilines is 1. The van der Waals surface area contributed by atoms with Gasteiger partial charge in [0.05, 0.1) is 23.9 Å². The Morgan fingerprint density at radius 3 is 2.28 bits per heavy atom. The number of rotatable bonds is 7. The first-order valence-electron chi connectivity index (χ1n) is 10.9. The summed E-state index contributed by atoms with van der Waals surface area (Å²) >= 11 is 3.05. The SMILES string of the molecule is COC(=O)CCSc1cnc(NC(=O)N(C2CCCCCC2)C2CCCCC2)s1. The summed E-state index contributed by atoms with van der Waals surface area (Å²) in [6.45, 7) is 0. The minimum Gasteiger partial charge on any atom is -0.469 e. The van der Waals surface area contributed by atoms with Crippen LogP contribution in [0, 0.1) is 0 Å². The number of urea groups is 1. The lowest BCUT2D eigenvalue weighted by atomic mass is 9.92. The maximum atomic E-state index is 13.3. The van der Waals surface area contributed by atoms with Crippen LogP contribution in [-0.2, 0) is 9.53 Å². The highest BCUT2D eigenvalue weighted by atomic mass is 32.2. The largest absolute Gasteiger partial charge is 0.469 e. The maximum absolute atomic E-state index is 13.3. The number of thiazole rings is 1. The zero-order valence-corrected chi connectivity index (χ0v) is 19.0. The molecule has 1 aromatic heterocycles. The first kappa shape index (κ1) is 22.4. The first-order chi connectivity index (χ1) is 14.2. The average molecular weight is 440 g/mol.